The lowest BCUT2D eigenvalue weighted by Crippen LogP contribution is -2.42. The van der Waals surface area contributed by atoms with Crippen molar-refractivity contribution >= 4 is 28.8 Å². The number of carbonyl (C=O) groups is 1. The first-order valence-corrected chi connectivity index (χ1v) is 11.6. The summed E-state index contributed by atoms with van der Waals surface area (Å²) in [6, 6.07) is 8.45. The number of carbonyl (C=O) groups excluding carboxylic acids is 1. The minimum absolute atomic E-state index is 0.182. The van der Waals surface area contributed by atoms with E-state index in [1.807, 2.05) is 4.57 Å². The second-order valence-electron chi connectivity index (χ2n) is 8.72. The van der Waals surface area contributed by atoms with Crippen molar-refractivity contribution in [2.45, 2.75) is 53.1 Å². The standard InChI is InChI=1S/C24H31N5O4/c1-5-7-8-17-9-11-18(12-10-17)27-13-16(3)14-28-20-21(25-23(27)28)26(4)24(32)29(22(20)31)15-19(30)33-6-2/h9-12,16H,5-8,13-15H2,1-4H3/t16-/m0/s1. The smallest absolute Gasteiger partial charge is 0.333 e. The van der Waals surface area contributed by atoms with E-state index >= 15 is 0 Å². The van der Waals surface area contributed by atoms with Crippen LogP contribution in [0.25, 0.3) is 11.2 Å². The van der Waals surface area contributed by atoms with Crippen LogP contribution in [0.1, 0.15) is 39.2 Å². The van der Waals surface area contributed by atoms with Crippen LogP contribution in [-0.2, 0) is 36.1 Å². The Hall–Kier alpha value is -3.36. The van der Waals surface area contributed by atoms with Crippen LogP contribution in [0.5, 0.6) is 0 Å². The van der Waals surface area contributed by atoms with E-state index in [0.29, 0.717) is 23.7 Å². The third kappa shape index (κ3) is 4.19. The molecule has 0 bridgehead atoms. The first-order chi connectivity index (χ1) is 15.8. The predicted molar refractivity (Wildman–Crippen MR) is 127 cm³/mol. The molecule has 0 spiro atoms. The molecular formula is C24H31N5O4. The number of aryl methyl sites for hydroxylation is 2. The van der Waals surface area contributed by atoms with Gasteiger partial charge < -0.3 is 14.2 Å². The quantitative estimate of drug-likeness (QED) is 0.511. The Labute approximate surface area is 192 Å². The number of anilines is 2. The highest BCUT2D eigenvalue weighted by atomic mass is 16.5. The average Bonchev–Trinajstić information content (AvgIpc) is 3.18. The van der Waals surface area contributed by atoms with Gasteiger partial charge in [-0.15, -0.1) is 0 Å². The molecule has 0 saturated carbocycles. The molecule has 1 aromatic carbocycles. The van der Waals surface area contributed by atoms with Crippen LogP contribution in [0.15, 0.2) is 33.9 Å². The minimum Gasteiger partial charge on any atom is -0.465 e. The highest BCUT2D eigenvalue weighted by Gasteiger charge is 2.30. The summed E-state index contributed by atoms with van der Waals surface area (Å²) in [7, 11) is 1.57. The summed E-state index contributed by atoms with van der Waals surface area (Å²) in [6.07, 6.45) is 3.36. The molecule has 3 heterocycles. The number of hydrogen-bond donors (Lipinski definition) is 0. The molecule has 0 saturated heterocycles. The molecule has 0 aliphatic carbocycles. The maximum atomic E-state index is 13.3. The minimum atomic E-state index is -0.618. The van der Waals surface area contributed by atoms with Gasteiger partial charge in [0.1, 0.15) is 6.54 Å². The highest BCUT2D eigenvalue weighted by molar-refractivity contribution is 5.77. The second-order valence-corrected chi connectivity index (χ2v) is 8.72. The summed E-state index contributed by atoms with van der Waals surface area (Å²) in [5, 5.41) is 0. The van der Waals surface area contributed by atoms with Gasteiger partial charge in [-0.1, -0.05) is 32.4 Å². The third-order valence-corrected chi connectivity index (χ3v) is 6.10. The molecule has 2 aromatic heterocycles. The topological polar surface area (TPSA) is 91.4 Å². The van der Waals surface area contributed by atoms with Crippen molar-refractivity contribution in [3.8, 4) is 0 Å². The molecule has 0 amide bonds. The van der Waals surface area contributed by atoms with Crippen molar-refractivity contribution < 1.29 is 9.53 Å². The molecule has 1 atom stereocenters. The number of esters is 1. The van der Waals surface area contributed by atoms with Crippen molar-refractivity contribution in [1.29, 1.82) is 0 Å². The van der Waals surface area contributed by atoms with E-state index in [4.69, 9.17) is 9.72 Å². The van der Waals surface area contributed by atoms with Crippen molar-refractivity contribution in [3.05, 3.63) is 50.7 Å². The van der Waals surface area contributed by atoms with Gasteiger partial charge in [0, 0.05) is 25.8 Å². The molecule has 1 aliphatic heterocycles. The van der Waals surface area contributed by atoms with Crippen LogP contribution in [-0.4, -0.2) is 37.8 Å². The SMILES string of the molecule is CCCCc1ccc(N2C[C@H](C)Cn3c2nc2c3c(=O)n(CC(=O)OCC)c(=O)n2C)cc1. The lowest BCUT2D eigenvalue weighted by atomic mass is 10.1. The van der Waals surface area contributed by atoms with E-state index in [9.17, 15) is 14.4 Å². The van der Waals surface area contributed by atoms with Crippen LogP contribution < -0.4 is 16.1 Å². The number of hydrogen-bond acceptors (Lipinski definition) is 6. The first-order valence-electron chi connectivity index (χ1n) is 11.6. The van der Waals surface area contributed by atoms with Crippen LogP contribution in [0.2, 0.25) is 0 Å². The zero-order chi connectivity index (χ0) is 23.7. The van der Waals surface area contributed by atoms with Gasteiger partial charge in [-0.25, -0.2) is 9.36 Å². The number of unbranched alkanes of at least 4 members (excludes halogenated alkanes) is 1. The molecule has 9 nitrogen and oxygen atoms in total. The monoisotopic (exact) mass is 453 g/mol. The predicted octanol–water partition coefficient (Wildman–Crippen LogP) is 2.59. The van der Waals surface area contributed by atoms with Gasteiger partial charge in [-0.05, 0) is 43.4 Å². The van der Waals surface area contributed by atoms with Gasteiger partial charge >= 0.3 is 11.7 Å². The maximum Gasteiger partial charge on any atom is 0.333 e. The van der Waals surface area contributed by atoms with Gasteiger partial charge in [0.2, 0.25) is 5.95 Å². The van der Waals surface area contributed by atoms with Crippen LogP contribution in [0.3, 0.4) is 0 Å². The summed E-state index contributed by atoms with van der Waals surface area (Å²) in [6.45, 7) is 7.10. The Balaban J connectivity index is 1.82. The first kappa shape index (κ1) is 22.8. The van der Waals surface area contributed by atoms with Crippen molar-refractivity contribution in [2.24, 2.45) is 13.0 Å². The summed E-state index contributed by atoms with van der Waals surface area (Å²) < 4.78 is 9.09. The number of imidazole rings is 1. The summed E-state index contributed by atoms with van der Waals surface area (Å²) in [5.74, 6) is 0.266. The van der Waals surface area contributed by atoms with Crippen molar-refractivity contribution in [3.63, 3.8) is 0 Å². The summed E-state index contributed by atoms with van der Waals surface area (Å²) in [5.41, 5.74) is 1.82. The van der Waals surface area contributed by atoms with E-state index in [0.717, 1.165) is 36.1 Å². The van der Waals surface area contributed by atoms with E-state index < -0.39 is 23.8 Å². The molecule has 9 heteroatoms. The number of ether oxygens (including phenoxy) is 1. The van der Waals surface area contributed by atoms with Gasteiger partial charge in [0.25, 0.3) is 5.56 Å². The van der Waals surface area contributed by atoms with Gasteiger partial charge in [-0.3, -0.25) is 14.2 Å². The van der Waals surface area contributed by atoms with Crippen LogP contribution >= 0.6 is 0 Å². The van der Waals surface area contributed by atoms with E-state index in [2.05, 4.69) is 43.0 Å². The number of benzene rings is 1. The average molecular weight is 454 g/mol. The van der Waals surface area contributed by atoms with Gasteiger partial charge in [-0.2, -0.15) is 4.98 Å². The molecule has 0 fully saturated rings. The maximum absolute atomic E-state index is 13.3. The molecule has 0 N–H and O–H groups in total. The lowest BCUT2D eigenvalue weighted by Gasteiger charge is -2.33. The van der Waals surface area contributed by atoms with E-state index in [1.165, 1.54) is 10.1 Å². The Morgan fingerprint density at radius 2 is 1.88 bits per heavy atom. The fourth-order valence-corrected chi connectivity index (χ4v) is 4.42. The molecule has 3 aromatic rings. The molecule has 1 aliphatic rings. The Morgan fingerprint density at radius 1 is 1.15 bits per heavy atom. The van der Waals surface area contributed by atoms with Gasteiger partial charge in [0.15, 0.2) is 11.2 Å². The Kier molecular flexibility index (Phi) is 6.40. The second kappa shape index (κ2) is 9.25. The summed E-state index contributed by atoms with van der Waals surface area (Å²) in [4.78, 5) is 45.0. The number of fused-ring (bicyclic) bond motifs is 3. The number of aromatic nitrogens is 4. The van der Waals surface area contributed by atoms with E-state index in [-0.39, 0.29) is 12.5 Å². The number of nitrogens with zero attached hydrogens (tertiary/aromatic N) is 5. The zero-order valence-electron chi connectivity index (χ0n) is 19.7. The van der Waals surface area contributed by atoms with Crippen molar-refractivity contribution in [1.82, 2.24) is 18.7 Å². The lowest BCUT2D eigenvalue weighted by molar-refractivity contribution is -0.143. The molecule has 0 unspecified atom stereocenters. The number of rotatable bonds is 7. The fourth-order valence-electron chi connectivity index (χ4n) is 4.42. The molecule has 176 valence electrons. The Bertz CT molecular complexity index is 1290. The molecule has 0 radical (unpaired) electrons. The summed E-state index contributed by atoms with van der Waals surface area (Å²) >= 11 is 0. The Morgan fingerprint density at radius 3 is 2.55 bits per heavy atom. The van der Waals surface area contributed by atoms with E-state index in [1.54, 1.807) is 14.0 Å². The zero-order valence-corrected chi connectivity index (χ0v) is 19.7. The largest absolute Gasteiger partial charge is 0.465 e. The molecule has 4 rings (SSSR count). The molecule has 33 heavy (non-hydrogen) atoms. The fraction of sp³-hybridized carbons (Fsp3) is 0.500. The van der Waals surface area contributed by atoms with Gasteiger partial charge in [0.05, 0.1) is 6.61 Å². The third-order valence-electron chi connectivity index (χ3n) is 6.10. The normalized spacial score (nSPS) is 15.6. The molecular weight excluding hydrogens is 422 g/mol. The highest BCUT2D eigenvalue weighted by Crippen LogP contribution is 2.33. The van der Waals surface area contributed by atoms with Crippen molar-refractivity contribution in [2.75, 3.05) is 18.1 Å². The van der Waals surface area contributed by atoms with Crippen LogP contribution in [0, 0.1) is 5.92 Å². The van der Waals surface area contributed by atoms with Crippen LogP contribution in [0.4, 0.5) is 11.6 Å².